The van der Waals surface area contributed by atoms with Crippen LogP contribution in [0.4, 0.5) is 5.69 Å². The highest BCUT2D eigenvalue weighted by Crippen LogP contribution is 2.42. The molecule has 0 aliphatic carbocycles. The number of anilines is 1. The maximum absolute atomic E-state index is 13.3. The van der Waals surface area contributed by atoms with Crippen LogP contribution >= 0.6 is 18.9 Å². The molecular weight excluding hydrogens is 370 g/mol. The first-order valence-corrected chi connectivity index (χ1v) is 9.02. The van der Waals surface area contributed by atoms with Gasteiger partial charge in [-0.25, -0.2) is 0 Å². The molecule has 3 rings (SSSR count). The van der Waals surface area contributed by atoms with E-state index in [0.717, 1.165) is 22.4 Å². The molecule has 1 N–H and O–H groups in total. The van der Waals surface area contributed by atoms with Crippen molar-refractivity contribution in [3.63, 3.8) is 0 Å². The second-order valence-corrected chi connectivity index (χ2v) is 6.47. The van der Waals surface area contributed by atoms with E-state index < -0.39 is 0 Å². The van der Waals surface area contributed by atoms with Crippen molar-refractivity contribution in [2.24, 2.45) is 0 Å². The Bertz CT molecular complexity index is 858. The molecule has 2 unspecified atom stereocenters. The molecule has 0 spiro atoms. The van der Waals surface area contributed by atoms with E-state index >= 15 is 0 Å². The second kappa shape index (κ2) is 7.69. The molecule has 0 radical (unpaired) electrons. The van der Waals surface area contributed by atoms with E-state index in [1.165, 1.54) is 7.11 Å². The predicted octanol–water partition coefficient (Wildman–Crippen LogP) is 3.54. The summed E-state index contributed by atoms with van der Waals surface area (Å²) in [5, 5.41) is 3.19. The number of amides is 1. The van der Waals surface area contributed by atoms with Crippen molar-refractivity contribution in [2.45, 2.75) is 20.0 Å². The topological polar surface area (TPSA) is 60.0 Å². The lowest BCUT2D eigenvalue weighted by atomic mass is 10.1. The molecule has 2 atom stereocenters. The van der Waals surface area contributed by atoms with E-state index in [-0.39, 0.29) is 5.91 Å². The van der Waals surface area contributed by atoms with Crippen LogP contribution in [0, 0.1) is 6.92 Å². The van der Waals surface area contributed by atoms with Crippen LogP contribution in [-0.4, -0.2) is 25.0 Å². The molecule has 1 heterocycles. The highest BCUT2D eigenvalue weighted by molar-refractivity contribution is 7.10. The van der Waals surface area contributed by atoms with Crippen molar-refractivity contribution in [2.75, 3.05) is 19.5 Å². The minimum Gasteiger partial charge on any atom is -0.495 e. The van der Waals surface area contributed by atoms with Crippen LogP contribution in [0.5, 0.6) is 17.2 Å². The zero-order valence-corrected chi connectivity index (χ0v) is 17.3. The summed E-state index contributed by atoms with van der Waals surface area (Å²) in [5.41, 5.74) is 4.44. The van der Waals surface area contributed by atoms with Gasteiger partial charge in [0.25, 0.3) is 5.91 Å². The summed E-state index contributed by atoms with van der Waals surface area (Å²) in [5.74, 6) is 1.28. The lowest BCUT2D eigenvalue weighted by Crippen LogP contribution is -2.26. The summed E-state index contributed by atoms with van der Waals surface area (Å²) < 4.78 is 16.2. The lowest BCUT2D eigenvalue weighted by molar-refractivity contribution is 0.0746. The van der Waals surface area contributed by atoms with Gasteiger partial charge in [0.15, 0.2) is 0 Å². The summed E-state index contributed by atoms with van der Waals surface area (Å²) >= 11 is 0. The molecule has 0 aromatic heterocycles. The van der Waals surface area contributed by atoms with Crippen LogP contribution in [0.1, 0.15) is 27.0 Å². The molecule has 26 heavy (non-hydrogen) atoms. The Hall–Kier alpha value is -2.03. The van der Waals surface area contributed by atoms with Gasteiger partial charge in [0.2, 0.25) is 0 Å². The monoisotopic (exact) mass is 392 g/mol. The number of nitrogens with one attached hydrogen (secondary N) is 1. The summed E-state index contributed by atoms with van der Waals surface area (Å²) in [4.78, 5) is 15.1. The van der Waals surface area contributed by atoms with E-state index in [1.54, 1.807) is 11.0 Å². The van der Waals surface area contributed by atoms with Gasteiger partial charge in [-0.2, -0.15) is 0 Å². The number of hydrogen-bond donors (Lipinski definition) is 1. The fourth-order valence-corrected chi connectivity index (χ4v) is 3.77. The molecular formula is C18H22N2O4P2. The molecule has 0 fully saturated rings. The minimum atomic E-state index is -0.143. The summed E-state index contributed by atoms with van der Waals surface area (Å²) in [6, 6.07) is 7.74. The van der Waals surface area contributed by atoms with Crippen molar-refractivity contribution >= 4 is 30.5 Å². The minimum absolute atomic E-state index is 0.143. The number of carbonyl (C=O) groups is 1. The summed E-state index contributed by atoms with van der Waals surface area (Å²) in [6.07, 6.45) is 0. The molecule has 1 aliphatic rings. The van der Waals surface area contributed by atoms with E-state index in [0.29, 0.717) is 35.9 Å². The Kier molecular flexibility index (Phi) is 5.55. The van der Waals surface area contributed by atoms with E-state index in [4.69, 9.17) is 13.8 Å². The largest absolute Gasteiger partial charge is 0.495 e. The van der Waals surface area contributed by atoms with Gasteiger partial charge >= 0.3 is 0 Å². The number of ether oxygens (including phenoxy) is 1. The van der Waals surface area contributed by atoms with Crippen LogP contribution < -0.4 is 19.1 Å². The Morgan fingerprint density at radius 2 is 1.92 bits per heavy atom. The van der Waals surface area contributed by atoms with Crippen molar-refractivity contribution in [3.05, 3.63) is 46.5 Å². The average Bonchev–Trinajstić information content (AvgIpc) is 3.11. The van der Waals surface area contributed by atoms with Crippen LogP contribution in [0.25, 0.3) is 0 Å². The number of benzene rings is 2. The fraction of sp³-hybridized carbons (Fsp3) is 0.278. The first-order chi connectivity index (χ1) is 12.5. The van der Waals surface area contributed by atoms with Gasteiger partial charge in [-0.15, -0.1) is 0 Å². The molecule has 2 aromatic carbocycles. The molecule has 0 saturated carbocycles. The van der Waals surface area contributed by atoms with Crippen LogP contribution in [0.15, 0.2) is 24.3 Å². The molecule has 0 saturated heterocycles. The van der Waals surface area contributed by atoms with E-state index in [2.05, 4.69) is 24.3 Å². The summed E-state index contributed by atoms with van der Waals surface area (Å²) in [7, 11) is 7.80. The highest BCUT2D eigenvalue weighted by atomic mass is 31.0. The number of rotatable bonds is 5. The maximum atomic E-state index is 13.3. The Morgan fingerprint density at radius 1 is 1.19 bits per heavy atom. The molecule has 8 heteroatoms. The second-order valence-electron chi connectivity index (χ2n) is 6.00. The van der Waals surface area contributed by atoms with Crippen molar-refractivity contribution in [1.29, 1.82) is 0 Å². The number of methoxy groups -OCH3 is 1. The zero-order chi connectivity index (χ0) is 18.8. The first kappa shape index (κ1) is 18.8. The van der Waals surface area contributed by atoms with Gasteiger partial charge in [-0.3, -0.25) is 4.79 Å². The van der Waals surface area contributed by atoms with Gasteiger partial charge in [-0.05, 0) is 24.1 Å². The van der Waals surface area contributed by atoms with E-state index in [1.807, 2.05) is 32.2 Å². The van der Waals surface area contributed by atoms with Crippen molar-refractivity contribution in [3.8, 4) is 17.2 Å². The first-order valence-electron chi connectivity index (χ1n) is 8.08. The zero-order valence-electron chi connectivity index (χ0n) is 15.0. The van der Waals surface area contributed by atoms with Crippen LogP contribution in [-0.2, 0) is 13.1 Å². The Balaban J connectivity index is 2.03. The summed E-state index contributed by atoms with van der Waals surface area (Å²) in [6.45, 7) is 2.93. The van der Waals surface area contributed by atoms with Crippen molar-refractivity contribution in [1.82, 2.24) is 4.90 Å². The average molecular weight is 392 g/mol. The lowest BCUT2D eigenvalue weighted by Gasteiger charge is -2.21. The standard InChI is InChI=1S/C18H22N2O4P2/c1-10-14(23-25)7-15(24-26)16(17(10)22-3)18(21)20-8-11-5-4-6-13(19-2)12(11)9-20/h4-7,19H,8-9,25-26H2,1-3H3. The van der Waals surface area contributed by atoms with Crippen LogP contribution in [0.2, 0.25) is 0 Å². The normalized spacial score (nSPS) is 12.6. The smallest absolute Gasteiger partial charge is 0.262 e. The molecule has 0 bridgehead atoms. The third kappa shape index (κ3) is 3.08. The Labute approximate surface area is 157 Å². The van der Waals surface area contributed by atoms with Crippen molar-refractivity contribution < 1.29 is 18.6 Å². The fourth-order valence-electron chi connectivity index (χ4n) is 3.34. The molecule has 6 nitrogen and oxygen atoms in total. The molecule has 1 aliphatic heterocycles. The highest BCUT2D eigenvalue weighted by Gasteiger charge is 2.31. The molecule has 2 aromatic rings. The van der Waals surface area contributed by atoms with Gasteiger partial charge < -0.3 is 24.0 Å². The molecule has 1 amide bonds. The van der Waals surface area contributed by atoms with E-state index in [9.17, 15) is 4.79 Å². The van der Waals surface area contributed by atoms with Gasteiger partial charge in [0.05, 0.1) is 26.0 Å². The quantitative estimate of drug-likeness (QED) is 0.789. The number of nitrogens with zero attached hydrogens (tertiary/aromatic N) is 1. The Morgan fingerprint density at radius 3 is 2.54 bits per heavy atom. The van der Waals surface area contributed by atoms with Crippen LogP contribution in [0.3, 0.4) is 0 Å². The van der Waals surface area contributed by atoms with Gasteiger partial charge in [-0.1, -0.05) is 12.1 Å². The molecule has 138 valence electrons. The number of hydrogen-bond acceptors (Lipinski definition) is 5. The predicted molar refractivity (Wildman–Crippen MR) is 108 cm³/mol. The third-order valence-corrected chi connectivity index (χ3v) is 5.17. The van der Waals surface area contributed by atoms with Gasteiger partial charge in [0.1, 0.15) is 22.8 Å². The number of fused-ring (bicyclic) bond motifs is 1. The number of carbonyl (C=O) groups excluding carboxylic acids is 1. The maximum Gasteiger partial charge on any atom is 0.262 e. The third-order valence-electron chi connectivity index (χ3n) is 4.66. The SMILES string of the molecule is CNc1cccc2c1CN(C(=O)c1c(OP)cc(OP)c(C)c1OC)C2. The van der Waals surface area contributed by atoms with Gasteiger partial charge in [0, 0.05) is 37.5 Å².